The third-order valence-corrected chi connectivity index (χ3v) is 7.54. The number of benzene rings is 1. The molecular formula is C24H25F2N3O5. The number of pyridine rings is 1. The van der Waals surface area contributed by atoms with Gasteiger partial charge in [0, 0.05) is 30.4 Å². The number of amides is 2. The number of aryl methyl sites for hydroxylation is 1. The average molecular weight is 473 g/mol. The third-order valence-electron chi connectivity index (χ3n) is 7.54. The SMILES string of the molecule is Cc1cc(F)c(CNC(=O)c2c3n4c(c(O)c2=O)C(=O)N2C[C@]4(CC3)[C@@H](O)CC[C@@H]2C)c(F)c1. The molecule has 2 amide bonds. The smallest absolute Gasteiger partial charge is 0.274 e. The fraction of sp³-hybridized carbons (Fsp3) is 0.458. The summed E-state index contributed by atoms with van der Waals surface area (Å²) in [4.78, 5) is 41.0. The van der Waals surface area contributed by atoms with Crippen LogP contribution in [-0.2, 0) is 18.5 Å². The van der Waals surface area contributed by atoms with Crippen LogP contribution in [0.4, 0.5) is 8.78 Å². The monoisotopic (exact) mass is 473 g/mol. The van der Waals surface area contributed by atoms with Gasteiger partial charge in [0.2, 0.25) is 5.43 Å². The van der Waals surface area contributed by atoms with E-state index in [9.17, 15) is 33.4 Å². The Labute approximate surface area is 193 Å². The van der Waals surface area contributed by atoms with E-state index in [0.717, 1.165) is 12.1 Å². The Morgan fingerprint density at radius 3 is 2.59 bits per heavy atom. The molecule has 3 aliphatic rings. The first-order valence-corrected chi connectivity index (χ1v) is 11.3. The van der Waals surface area contributed by atoms with Crippen molar-refractivity contribution < 1.29 is 28.6 Å². The van der Waals surface area contributed by atoms with Crippen LogP contribution in [0.15, 0.2) is 16.9 Å². The summed E-state index contributed by atoms with van der Waals surface area (Å²) in [5.74, 6) is -3.94. The summed E-state index contributed by atoms with van der Waals surface area (Å²) in [7, 11) is 0. The lowest BCUT2D eigenvalue weighted by Gasteiger charge is -2.45. The number of aromatic hydroxyl groups is 1. The van der Waals surface area contributed by atoms with Crippen molar-refractivity contribution in [3.8, 4) is 5.75 Å². The van der Waals surface area contributed by atoms with Gasteiger partial charge in [-0.15, -0.1) is 0 Å². The molecular weight excluding hydrogens is 448 g/mol. The maximum atomic E-state index is 14.2. The molecule has 1 spiro atoms. The molecule has 10 heteroatoms. The van der Waals surface area contributed by atoms with Crippen molar-refractivity contribution >= 4 is 11.8 Å². The molecule has 3 N–H and O–H groups in total. The van der Waals surface area contributed by atoms with Gasteiger partial charge in [-0.3, -0.25) is 14.4 Å². The molecule has 1 aromatic heterocycles. The summed E-state index contributed by atoms with van der Waals surface area (Å²) < 4.78 is 29.9. The van der Waals surface area contributed by atoms with Gasteiger partial charge >= 0.3 is 0 Å². The number of halogens is 2. The van der Waals surface area contributed by atoms with Crippen LogP contribution >= 0.6 is 0 Å². The maximum absolute atomic E-state index is 14.2. The van der Waals surface area contributed by atoms with Crippen LogP contribution < -0.4 is 10.7 Å². The molecule has 8 nitrogen and oxygen atoms in total. The third kappa shape index (κ3) is 3.01. The van der Waals surface area contributed by atoms with Gasteiger partial charge in [-0.25, -0.2) is 8.78 Å². The second kappa shape index (κ2) is 7.63. The van der Waals surface area contributed by atoms with Crippen molar-refractivity contribution in [2.75, 3.05) is 6.54 Å². The van der Waals surface area contributed by atoms with Crippen molar-refractivity contribution in [2.45, 2.75) is 63.8 Å². The summed E-state index contributed by atoms with van der Waals surface area (Å²) in [5, 5.41) is 24.2. The van der Waals surface area contributed by atoms with Gasteiger partial charge < -0.3 is 25.0 Å². The highest BCUT2D eigenvalue weighted by Gasteiger charge is 2.55. The normalized spacial score (nSPS) is 25.2. The van der Waals surface area contributed by atoms with Gasteiger partial charge in [-0.1, -0.05) is 0 Å². The van der Waals surface area contributed by atoms with Gasteiger partial charge in [0.1, 0.15) is 17.2 Å². The summed E-state index contributed by atoms with van der Waals surface area (Å²) in [6.45, 7) is 3.09. The lowest BCUT2D eigenvalue weighted by Crippen LogP contribution is -2.58. The van der Waals surface area contributed by atoms with Crippen LogP contribution in [0.2, 0.25) is 0 Å². The second-order valence-corrected chi connectivity index (χ2v) is 9.55. The first kappa shape index (κ1) is 22.5. The highest BCUT2D eigenvalue weighted by atomic mass is 19.1. The van der Waals surface area contributed by atoms with E-state index in [1.165, 1.54) is 11.5 Å². The van der Waals surface area contributed by atoms with Gasteiger partial charge in [0.25, 0.3) is 11.8 Å². The number of hydrogen-bond donors (Lipinski definition) is 3. The molecule has 4 heterocycles. The number of carbonyl (C=O) groups excluding carboxylic acids is 2. The molecule has 2 aromatic rings. The zero-order chi connectivity index (χ0) is 24.5. The van der Waals surface area contributed by atoms with E-state index < -0.39 is 52.8 Å². The zero-order valence-electron chi connectivity index (χ0n) is 18.8. The van der Waals surface area contributed by atoms with Gasteiger partial charge in [-0.2, -0.15) is 0 Å². The van der Waals surface area contributed by atoms with Crippen LogP contribution in [0.1, 0.15) is 63.9 Å². The summed E-state index contributed by atoms with van der Waals surface area (Å²) >= 11 is 0. The molecule has 1 aromatic carbocycles. The minimum atomic E-state index is -1.02. The quantitative estimate of drug-likeness (QED) is 0.629. The number of aliphatic hydroxyl groups is 1. The second-order valence-electron chi connectivity index (χ2n) is 9.55. The first-order chi connectivity index (χ1) is 16.1. The van der Waals surface area contributed by atoms with Gasteiger partial charge in [0.05, 0.1) is 11.6 Å². The molecule has 1 saturated heterocycles. The summed E-state index contributed by atoms with van der Waals surface area (Å²) in [6, 6.07) is 2.09. The molecule has 0 unspecified atom stereocenters. The topological polar surface area (TPSA) is 112 Å². The van der Waals surface area contributed by atoms with Crippen molar-refractivity contribution in [1.82, 2.24) is 14.8 Å². The molecule has 34 heavy (non-hydrogen) atoms. The highest BCUT2D eigenvalue weighted by molar-refractivity contribution is 6.00. The summed E-state index contributed by atoms with van der Waals surface area (Å²) in [5.41, 5.74) is -2.30. The molecule has 2 bridgehead atoms. The number of hydrogen-bond acceptors (Lipinski definition) is 5. The predicted octanol–water partition coefficient (Wildman–Crippen LogP) is 1.71. The van der Waals surface area contributed by atoms with E-state index in [0.29, 0.717) is 24.8 Å². The number of nitrogens with one attached hydrogen (secondary N) is 1. The van der Waals surface area contributed by atoms with E-state index in [4.69, 9.17) is 0 Å². The fourth-order valence-corrected chi connectivity index (χ4v) is 5.72. The van der Waals surface area contributed by atoms with Crippen LogP contribution in [0, 0.1) is 18.6 Å². The Morgan fingerprint density at radius 2 is 1.91 bits per heavy atom. The number of aliphatic hydroxyl groups excluding tert-OH is 1. The molecule has 5 rings (SSSR count). The van der Waals surface area contributed by atoms with E-state index in [2.05, 4.69) is 5.32 Å². The van der Waals surface area contributed by atoms with Crippen LogP contribution in [-0.4, -0.2) is 50.2 Å². The van der Waals surface area contributed by atoms with Crippen LogP contribution in [0.3, 0.4) is 0 Å². The molecule has 180 valence electrons. The average Bonchev–Trinajstić information content (AvgIpc) is 3.10. The number of fused-ring (bicyclic) bond motifs is 1. The van der Waals surface area contributed by atoms with E-state index in [1.807, 2.05) is 6.92 Å². The Balaban J connectivity index is 1.60. The van der Waals surface area contributed by atoms with Crippen molar-refractivity contribution in [2.24, 2.45) is 0 Å². The molecule has 3 atom stereocenters. The first-order valence-electron chi connectivity index (χ1n) is 11.3. The van der Waals surface area contributed by atoms with Crippen molar-refractivity contribution in [3.05, 3.63) is 62.1 Å². The lowest BCUT2D eigenvalue weighted by molar-refractivity contribution is 0.00614. The zero-order valence-corrected chi connectivity index (χ0v) is 18.8. The Morgan fingerprint density at radius 1 is 1.24 bits per heavy atom. The molecule has 0 saturated carbocycles. The molecule has 1 fully saturated rings. The number of aromatic nitrogens is 1. The van der Waals surface area contributed by atoms with Gasteiger partial charge in [-0.05, 0) is 57.2 Å². The highest BCUT2D eigenvalue weighted by Crippen LogP contribution is 2.46. The predicted molar refractivity (Wildman–Crippen MR) is 117 cm³/mol. The number of nitrogens with zero attached hydrogens (tertiary/aromatic N) is 2. The number of rotatable bonds is 3. The molecule has 3 aliphatic heterocycles. The Kier molecular flexibility index (Phi) is 5.05. The van der Waals surface area contributed by atoms with Crippen molar-refractivity contribution in [3.63, 3.8) is 0 Å². The summed E-state index contributed by atoms with van der Waals surface area (Å²) in [6.07, 6.45) is 0.740. The molecule has 0 radical (unpaired) electrons. The largest absolute Gasteiger partial charge is 0.503 e. The fourth-order valence-electron chi connectivity index (χ4n) is 5.72. The van der Waals surface area contributed by atoms with Crippen LogP contribution in [0.25, 0.3) is 0 Å². The van der Waals surface area contributed by atoms with E-state index in [-0.39, 0.29) is 41.5 Å². The Bertz CT molecular complexity index is 1280. The minimum absolute atomic E-state index is 0.184. The lowest BCUT2D eigenvalue weighted by atomic mass is 9.86. The molecule has 0 aliphatic carbocycles. The number of carbonyl (C=O) groups is 2. The van der Waals surface area contributed by atoms with Gasteiger partial charge in [0.15, 0.2) is 11.4 Å². The van der Waals surface area contributed by atoms with E-state index >= 15 is 0 Å². The van der Waals surface area contributed by atoms with Crippen molar-refractivity contribution in [1.29, 1.82) is 0 Å². The van der Waals surface area contributed by atoms with E-state index in [1.54, 1.807) is 4.90 Å². The van der Waals surface area contributed by atoms with Crippen LogP contribution in [0.5, 0.6) is 5.75 Å². The Hall–Kier alpha value is -3.27. The minimum Gasteiger partial charge on any atom is -0.503 e. The maximum Gasteiger partial charge on any atom is 0.274 e. The standard InChI is InChI=1S/C24H25F2N3O5/c1-11-7-14(25)13(15(26)8-11)9-27-22(33)18-16-5-6-24-10-28(12(2)3-4-17(24)30)23(34)19(29(16)24)21(32)20(18)31/h7-8,12,17,30,32H,3-6,9-10H2,1-2H3,(H,27,33)/t12-,17-,24+/m0/s1.